The summed E-state index contributed by atoms with van der Waals surface area (Å²) in [5, 5.41) is 10.9. The smallest absolute Gasteiger partial charge is 0.409 e. The van der Waals surface area contributed by atoms with Crippen LogP contribution in [0, 0.1) is 0 Å². The van der Waals surface area contributed by atoms with Gasteiger partial charge >= 0.3 is 6.09 Å². The topological polar surface area (TPSA) is 84.3 Å². The van der Waals surface area contributed by atoms with Gasteiger partial charge in [-0.1, -0.05) is 6.07 Å². The number of hydrogen-bond donors (Lipinski definition) is 2. The number of ether oxygens (including phenoxy) is 1. The normalized spacial score (nSPS) is 9.83. The summed E-state index contributed by atoms with van der Waals surface area (Å²) >= 11 is 5.62. The van der Waals surface area contributed by atoms with Crippen molar-refractivity contribution in [1.82, 2.24) is 9.97 Å². The van der Waals surface area contributed by atoms with Crippen molar-refractivity contribution in [2.45, 2.75) is 0 Å². The van der Waals surface area contributed by atoms with Crippen molar-refractivity contribution in [1.29, 1.82) is 0 Å². The van der Waals surface area contributed by atoms with Crippen LogP contribution in [0.5, 0.6) is 11.6 Å². The molecular weight excluding hydrogens is 258 g/mol. The average Bonchev–Trinajstić information content (AvgIpc) is 2.28. The number of nitrogens with zero attached hydrogens (tertiary/aromatic N) is 2. The van der Waals surface area contributed by atoms with E-state index in [1.807, 2.05) is 0 Å². The largest absolute Gasteiger partial charge is 0.465 e. The van der Waals surface area contributed by atoms with Gasteiger partial charge < -0.3 is 9.84 Å². The van der Waals surface area contributed by atoms with E-state index in [-0.39, 0.29) is 11.2 Å². The molecule has 6 nitrogen and oxygen atoms in total. The number of aromatic nitrogens is 2. The molecule has 0 bridgehead atoms. The van der Waals surface area contributed by atoms with Crippen LogP contribution in [0.25, 0.3) is 0 Å². The summed E-state index contributed by atoms with van der Waals surface area (Å²) in [4.78, 5) is 18.1. The van der Waals surface area contributed by atoms with Gasteiger partial charge in [-0.3, -0.25) is 5.32 Å². The van der Waals surface area contributed by atoms with Crippen LogP contribution in [-0.4, -0.2) is 21.2 Å². The molecule has 1 amide bonds. The minimum Gasteiger partial charge on any atom is -0.465 e. The number of anilines is 1. The van der Waals surface area contributed by atoms with Gasteiger partial charge in [-0.05, 0) is 23.7 Å². The Hall–Kier alpha value is -2.34. The van der Waals surface area contributed by atoms with Crippen LogP contribution < -0.4 is 10.1 Å². The predicted molar refractivity (Wildman–Crippen MR) is 65.2 cm³/mol. The molecule has 92 valence electrons. The first kappa shape index (κ1) is 12.1. The van der Waals surface area contributed by atoms with Gasteiger partial charge in [0.25, 0.3) is 0 Å². The van der Waals surface area contributed by atoms with E-state index in [4.69, 9.17) is 21.4 Å². The molecule has 0 radical (unpaired) electrons. The first-order valence-corrected chi connectivity index (χ1v) is 5.28. The second-order valence-electron chi connectivity index (χ2n) is 3.22. The zero-order chi connectivity index (χ0) is 13.0. The predicted octanol–water partition coefficient (Wildman–Crippen LogP) is 3.01. The number of halogens is 1. The SMILES string of the molecule is O=C(O)Nc1cccc(Oc2ccnc(Cl)n2)c1. The number of nitrogens with one attached hydrogen (secondary N) is 1. The molecule has 0 unspecified atom stereocenters. The maximum Gasteiger partial charge on any atom is 0.409 e. The Balaban J connectivity index is 2.16. The minimum absolute atomic E-state index is 0.0762. The Morgan fingerprint density at radius 2 is 2.22 bits per heavy atom. The molecule has 2 rings (SSSR count). The number of benzene rings is 1. The summed E-state index contributed by atoms with van der Waals surface area (Å²) in [5.41, 5.74) is 0.403. The molecule has 1 aromatic carbocycles. The molecule has 2 aromatic rings. The Kier molecular flexibility index (Phi) is 3.59. The molecule has 7 heteroatoms. The molecule has 0 saturated heterocycles. The van der Waals surface area contributed by atoms with Crippen LogP contribution in [0.3, 0.4) is 0 Å². The van der Waals surface area contributed by atoms with Gasteiger partial charge in [-0.25, -0.2) is 9.78 Å². The minimum atomic E-state index is -1.14. The first-order valence-electron chi connectivity index (χ1n) is 4.90. The molecule has 0 atom stereocenters. The van der Waals surface area contributed by atoms with E-state index in [1.54, 1.807) is 24.3 Å². The molecule has 1 heterocycles. The highest BCUT2D eigenvalue weighted by atomic mass is 35.5. The lowest BCUT2D eigenvalue weighted by atomic mass is 10.3. The van der Waals surface area contributed by atoms with Crippen LogP contribution in [-0.2, 0) is 0 Å². The van der Waals surface area contributed by atoms with Crippen LogP contribution in [0.1, 0.15) is 0 Å². The van der Waals surface area contributed by atoms with Gasteiger partial charge in [0.1, 0.15) is 5.75 Å². The fourth-order valence-electron chi connectivity index (χ4n) is 1.26. The number of rotatable bonds is 3. The summed E-state index contributed by atoms with van der Waals surface area (Å²) in [6.45, 7) is 0. The molecule has 2 N–H and O–H groups in total. The lowest BCUT2D eigenvalue weighted by Crippen LogP contribution is -2.06. The third-order valence-electron chi connectivity index (χ3n) is 1.91. The highest BCUT2D eigenvalue weighted by Gasteiger charge is 2.03. The van der Waals surface area contributed by atoms with Crippen LogP contribution in [0.15, 0.2) is 36.5 Å². The molecule has 0 aliphatic rings. The summed E-state index contributed by atoms with van der Waals surface area (Å²) < 4.78 is 5.41. The van der Waals surface area contributed by atoms with Crippen molar-refractivity contribution >= 4 is 23.4 Å². The monoisotopic (exact) mass is 265 g/mol. The Bertz CT molecular complexity index is 577. The van der Waals surface area contributed by atoms with Crippen molar-refractivity contribution < 1.29 is 14.6 Å². The average molecular weight is 266 g/mol. The van der Waals surface area contributed by atoms with Gasteiger partial charge in [-0.2, -0.15) is 4.98 Å². The highest BCUT2D eigenvalue weighted by Crippen LogP contribution is 2.23. The highest BCUT2D eigenvalue weighted by molar-refractivity contribution is 6.28. The third kappa shape index (κ3) is 3.33. The van der Waals surface area contributed by atoms with Crippen molar-refractivity contribution in [3.8, 4) is 11.6 Å². The summed E-state index contributed by atoms with van der Waals surface area (Å²) in [5.74, 6) is 0.721. The maximum atomic E-state index is 10.5. The standard InChI is InChI=1S/C11H8ClN3O3/c12-10-13-5-4-9(15-10)18-8-3-1-2-7(6-8)14-11(16)17/h1-6,14H,(H,16,17). The van der Waals surface area contributed by atoms with Gasteiger partial charge in [0.2, 0.25) is 11.2 Å². The van der Waals surface area contributed by atoms with Gasteiger partial charge in [0.15, 0.2) is 0 Å². The fourth-order valence-corrected chi connectivity index (χ4v) is 1.40. The zero-order valence-corrected chi connectivity index (χ0v) is 9.76. The Morgan fingerprint density at radius 1 is 1.39 bits per heavy atom. The molecule has 0 aliphatic carbocycles. The van der Waals surface area contributed by atoms with Crippen molar-refractivity contribution in [2.24, 2.45) is 0 Å². The van der Waals surface area contributed by atoms with Crippen molar-refractivity contribution in [3.05, 3.63) is 41.8 Å². The Morgan fingerprint density at radius 3 is 2.94 bits per heavy atom. The lowest BCUT2D eigenvalue weighted by Gasteiger charge is -2.06. The van der Waals surface area contributed by atoms with E-state index in [0.29, 0.717) is 11.4 Å². The van der Waals surface area contributed by atoms with E-state index in [0.717, 1.165) is 0 Å². The number of carbonyl (C=O) groups is 1. The summed E-state index contributed by atoms with van der Waals surface area (Å²) in [6.07, 6.45) is 0.321. The van der Waals surface area contributed by atoms with Crippen molar-refractivity contribution in [3.63, 3.8) is 0 Å². The summed E-state index contributed by atoms with van der Waals surface area (Å²) in [7, 11) is 0. The van der Waals surface area contributed by atoms with E-state index in [1.165, 1.54) is 12.3 Å². The van der Waals surface area contributed by atoms with Gasteiger partial charge in [0.05, 0.1) is 0 Å². The molecule has 0 aliphatic heterocycles. The second kappa shape index (κ2) is 5.33. The van der Waals surface area contributed by atoms with Crippen LogP contribution in [0.4, 0.5) is 10.5 Å². The van der Waals surface area contributed by atoms with E-state index in [2.05, 4.69) is 15.3 Å². The summed E-state index contributed by atoms with van der Waals surface area (Å²) in [6, 6.07) is 8.01. The molecule has 18 heavy (non-hydrogen) atoms. The lowest BCUT2D eigenvalue weighted by molar-refractivity contribution is 0.210. The first-order chi connectivity index (χ1) is 8.63. The molecule has 1 aromatic heterocycles. The number of amides is 1. The molecule has 0 spiro atoms. The Labute approximate surface area is 107 Å². The van der Waals surface area contributed by atoms with Crippen LogP contribution >= 0.6 is 11.6 Å². The number of carboxylic acid groups (broad SMARTS) is 1. The zero-order valence-electron chi connectivity index (χ0n) is 9.00. The molecule has 0 fully saturated rings. The molecule has 0 saturated carbocycles. The quantitative estimate of drug-likeness (QED) is 0.834. The van der Waals surface area contributed by atoms with Gasteiger partial charge in [0, 0.05) is 24.0 Å². The third-order valence-corrected chi connectivity index (χ3v) is 2.09. The number of hydrogen-bond acceptors (Lipinski definition) is 4. The van der Waals surface area contributed by atoms with Crippen LogP contribution in [0.2, 0.25) is 5.28 Å². The van der Waals surface area contributed by atoms with Gasteiger partial charge in [-0.15, -0.1) is 0 Å². The molecular formula is C11H8ClN3O3. The van der Waals surface area contributed by atoms with Crippen molar-refractivity contribution in [2.75, 3.05) is 5.32 Å². The fraction of sp³-hybridized carbons (Fsp3) is 0. The van der Waals surface area contributed by atoms with E-state index in [9.17, 15) is 4.79 Å². The van der Waals surface area contributed by atoms with E-state index >= 15 is 0 Å². The second-order valence-corrected chi connectivity index (χ2v) is 3.56. The maximum absolute atomic E-state index is 10.5. The van der Waals surface area contributed by atoms with E-state index < -0.39 is 6.09 Å².